The average Bonchev–Trinajstić information content (AvgIpc) is 3.80. The summed E-state index contributed by atoms with van der Waals surface area (Å²) in [7, 11) is 9.23. The van der Waals surface area contributed by atoms with Gasteiger partial charge >= 0.3 is 0 Å². The molecule has 2 nitrogen and oxygen atoms in total. The molecule has 9 aromatic carbocycles. The van der Waals surface area contributed by atoms with Crippen LogP contribution >= 0.6 is 0 Å². The molecular formula is C55H43B4NO. The molecular weight excluding hydrogens is 734 g/mol. The molecule has 0 atom stereocenters. The van der Waals surface area contributed by atoms with Gasteiger partial charge in [-0.1, -0.05) is 175 Å². The molecule has 0 spiro atoms. The lowest BCUT2D eigenvalue weighted by Crippen LogP contribution is -2.46. The van der Waals surface area contributed by atoms with Crippen LogP contribution in [0.4, 0.5) is 17.1 Å². The summed E-state index contributed by atoms with van der Waals surface area (Å²) < 4.78 is 6.66. The summed E-state index contributed by atoms with van der Waals surface area (Å²) >= 11 is 0. The molecule has 0 radical (unpaired) electrons. The van der Waals surface area contributed by atoms with E-state index in [2.05, 4.69) is 226 Å². The average molecular weight is 777 g/mol. The largest absolute Gasteiger partial charge is 0.455 e. The second kappa shape index (κ2) is 14.1. The first kappa shape index (κ1) is 37.1. The number of rotatable bonds is 6. The Hall–Kier alpha value is -6.90. The Balaban J connectivity index is 1.11. The lowest BCUT2D eigenvalue weighted by atomic mass is 9.64. The SMILES string of the molecule is Bc1c(B)c(N(c2cccc(-c3cccc4oc5c6ccccc6ccc5c34)c2)c2ccc3c(c2)C(C)(C)c2ccccc2-3)c(B)c(B)c1-c1ccc(-c2ccccc2)cc1. The number of fused-ring (bicyclic) bond motifs is 8. The first-order valence-corrected chi connectivity index (χ1v) is 21.4. The van der Waals surface area contributed by atoms with Gasteiger partial charge in [0.2, 0.25) is 0 Å². The van der Waals surface area contributed by atoms with Gasteiger partial charge in [0.1, 0.15) is 42.6 Å². The Bertz CT molecular complexity index is 3360. The van der Waals surface area contributed by atoms with Crippen molar-refractivity contribution in [3.8, 4) is 44.5 Å². The van der Waals surface area contributed by atoms with Crippen LogP contribution in [0.15, 0.2) is 180 Å². The summed E-state index contributed by atoms with van der Waals surface area (Å²) in [5.41, 5.74) is 23.0. The van der Waals surface area contributed by atoms with Crippen LogP contribution in [0.5, 0.6) is 0 Å². The predicted molar refractivity (Wildman–Crippen MR) is 272 cm³/mol. The van der Waals surface area contributed by atoms with Crippen LogP contribution in [-0.4, -0.2) is 31.4 Å². The van der Waals surface area contributed by atoms with E-state index >= 15 is 0 Å². The van der Waals surface area contributed by atoms with E-state index < -0.39 is 0 Å². The minimum atomic E-state index is -0.136. The highest BCUT2D eigenvalue weighted by Crippen LogP contribution is 2.51. The molecule has 0 N–H and O–H groups in total. The minimum absolute atomic E-state index is 0.136. The van der Waals surface area contributed by atoms with Gasteiger partial charge in [-0.05, 0) is 97.4 Å². The van der Waals surface area contributed by atoms with Crippen molar-refractivity contribution in [2.24, 2.45) is 0 Å². The Labute approximate surface area is 361 Å². The van der Waals surface area contributed by atoms with Crippen molar-refractivity contribution >= 4 is 103 Å². The molecule has 1 aliphatic carbocycles. The maximum atomic E-state index is 6.66. The summed E-state index contributed by atoms with van der Waals surface area (Å²) in [4.78, 5) is 2.52. The van der Waals surface area contributed by atoms with Gasteiger partial charge in [0.15, 0.2) is 0 Å². The third-order valence-corrected chi connectivity index (χ3v) is 13.7. The number of anilines is 3. The van der Waals surface area contributed by atoms with Crippen LogP contribution in [-0.2, 0) is 5.41 Å². The van der Waals surface area contributed by atoms with Crippen LogP contribution in [0.1, 0.15) is 25.0 Å². The highest BCUT2D eigenvalue weighted by Gasteiger charge is 2.36. The standard InChI is InChI=1S/C55H43B4NO/c1-55(2)44-20-9-8-18-41(44)42-29-27-38(31-45(42)55)60(53-51(58)49(56)47(50(57)52(53)59)35-24-22-33(23-25-35)32-12-4-3-5-13-32)37-16-10-15-36(30-37)39-19-11-21-46-48(39)43-28-26-34-14-6-7-17-40(34)54(43)61-46/h3-31H,56-59H2,1-2H3. The zero-order valence-corrected chi connectivity index (χ0v) is 35.6. The van der Waals surface area contributed by atoms with Crippen molar-refractivity contribution < 1.29 is 4.42 Å². The van der Waals surface area contributed by atoms with E-state index in [9.17, 15) is 0 Å². The molecule has 0 amide bonds. The molecule has 6 heteroatoms. The molecule has 0 bridgehead atoms. The number of furan rings is 1. The molecule has 0 saturated carbocycles. The van der Waals surface area contributed by atoms with Crippen LogP contribution in [0.25, 0.3) is 77.2 Å². The van der Waals surface area contributed by atoms with Crippen LogP contribution < -0.4 is 26.8 Å². The van der Waals surface area contributed by atoms with Crippen molar-refractivity contribution in [1.82, 2.24) is 0 Å². The van der Waals surface area contributed by atoms with E-state index in [-0.39, 0.29) is 5.41 Å². The summed E-state index contributed by atoms with van der Waals surface area (Å²) in [6.45, 7) is 4.74. The van der Waals surface area contributed by atoms with Crippen molar-refractivity contribution in [1.29, 1.82) is 0 Å². The number of nitrogens with zero attached hydrogens (tertiary/aromatic N) is 1. The fourth-order valence-corrected chi connectivity index (χ4v) is 10.4. The van der Waals surface area contributed by atoms with Gasteiger partial charge in [-0.15, -0.1) is 0 Å². The van der Waals surface area contributed by atoms with Crippen LogP contribution in [0.2, 0.25) is 0 Å². The van der Waals surface area contributed by atoms with E-state index in [1.807, 2.05) is 0 Å². The smallest absolute Gasteiger partial charge is 0.143 e. The van der Waals surface area contributed by atoms with Gasteiger partial charge < -0.3 is 9.32 Å². The summed E-state index contributed by atoms with van der Waals surface area (Å²) in [5.74, 6) is 0. The Morgan fingerprint density at radius 1 is 0.443 bits per heavy atom. The first-order valence-electron chi connectivity index (χ1n) is 21.4. The Morgan fingerprint density at radius 3 is 1.87 bits per heavy atom. The summed E-state index contributed by atoms with van der Waals surface area (Å²) in [6, 6.07) is 64.3. The molecule has 61 heavy (non-hydrogen) atoms. The lowest BCUT2D eigenvalue weighted by molar-refractivity contribution is 0.660. The van der Waals surface area contributed by atoms with Gasteiger partial charge in [-0.2, -0.15) is 0 Å². The Kier molecular flexibility index (Phi) is 8.58. The number of hydrogen-bond acceptors (Lipinski definition) is 2. The van der Waals surface area contributed by atoms with Gasteiger partial charge in [-0.25, -0.2) is 0 Å². The fourth-order valence-electron chi connectivity index (χ4n) is 10.4. The van der Waals surface area contributed by atoms with E-state index in [1.54, 1.807) is 0 Å². The quantitative estimate of drug-likeness (QED) is 0.158. The molecule has 0 aliphatic heterocycles. The van der Waals surface area contributed by atoms with E-state index in [0.29, 0.717) is 0 Å². The second-order valence-electron chi connectivity index (χ2n) is 17.4. The summed E-state index contributed by atoms with van der Waals surface area (Å²) in [5, 5.41) is 4.60. The molecule has 11 rings (SSSR count). The molecule has 286 valence electrons. The van der Waals surface area contributed by atoms with Crippen molar-refractivity contribution in [3.63, 3.8) is 0 Å². The number of hydrogen-bond donors (Lipinski definition) is 0. The van der Waals surface area contributed by atoms with Crippen molar-refractivity contribution in [2.75, 3.05) is 4.90 Å². The van der Waals surface area contributed by atoms with E-state index in [4.69, 9.17) is 4.42 Å². The van der Waals surface area contributed by atoms with Gasteiger partial charge in [0.05, 0.1) is 0 Å². The molecule has 1 aromatic heterocycles. The van der Waals surface area contributed by atoms with Gasteiger partial charge in [0, 0.05) is 38.6 Å². The maximum Gasteiger partial charge on any atom is 0.143 e. The maximum absolute atomic E-state index is 6.66. The Morgan fingerprint density at radius 2 is 1.07 bits per heavy atom. The number of benzene rings is 9. The third-order valence-electron chi connectivity index (χ3n) is 13.7. The highest BCUT2D eigenvalue weighted by molar-refractivity contribution is 6.63. The topological polar surface area (TPSA) is 16.4 Å². The molecule has 0 saturated heterocycles. The highest BCUT2D eigenvalue weighted by atomic mass is 16.3. The van der Waals surface area contributed by atoms with Crippen LogP contribution in [0.3, 0.4) is 0 Å². The normalized spacial score (nSPS) is 12.8. The zero-order chi connectivity index (χ0) is 41.6. The molecule has 10 aromatic rings. The zero-order valence-electron chi connectivity index (χ0n) is 35.6. The minimum Gasteiger partial charge on any atom is -0.455 e. The monoisotopic (exact) mass is 777 g/mol. The fraction of sp³-hybridized carbons (Fsp3) is 0.0545. The van der Waals surface area contributed by atoms with Gasteiger partial charge in [0.25, 0.3) is 0 Å². The lowest BCUT2D eigenvalue weighted by Gasteiger charge is -2.33. The molecule has 0 fully saturated rings. The first-order chi connectivity index (χ1) is 29.7. The van der Waals surface area contributed by atoms with Crippen LogP contribution in [0, 0.1) is 0 Å². The third kappa shape index (κ3) is 5.76. The molecule has 1 heterocycles. The second-order valence-corrected chi connectivity index (χ2v) is 17.4. The van der Waals surface area contributed by atoms with Gasteiger partial charge in [-0.3, -0.25) is 0 Å². The predicted octanol–water partition coefficient (Wildman–Crippen LogP) is 8.55. The molecule has 0 unspecified atom stereocenters. The van der Waals surface area contributed by atoms with E-state index in [1.165, 1.54) is 77.4 Å². The van der Waals surface area contributed by atoms with Crippen molar-refractivity contribution in [2.45, 2.75) is 19.3 Å². The van der Waals surface area contributed by atoms with Crippen molar-refractivity contribution in [3.05, 3.63) is 187 Å². The van der Waals surface area contributed by atoms with E-state index in [0.717, 1.165) is 49.8 Å². The molecule has 1 aliphatic rings. The summed E-state index contributed by atoms with van der Waals surface area (Å²) in [6.07, 6.45) is 0.